The third kappa shape index (κ3) is 7.46. The molecular weight excluding hydrogens is 228 g/mol. The summed E-state index contributed by atoms with van der Waals surface area (Å²) in [5.41, 5.74) is 0. The van der Waals surface area contributed by atoms with Crippen molar-refractivity contribution >= 4 is 23.4 Å². The Hall–Kier alpha value is -0.830. The number of ketones is 1. The molecule has 0 bridgehead atoms. The van der Waals surface area contributed by atoms with Gasteiger partial charge in [-0.2, -0.15) is 0 Å². The van der Waals surface area contributed by atoms with E-state index in [1.165, 1.54) is 0 Å². The zero-order chi connectivity index (χ0) is 12.4. The maximum absolute atomic E-state index is 11.2. The van der Waals surface area contributed by atoms with Crippen molar-refractivity contribution in [2.45, 2.75) is 46.0 Å². The standard InChI is InChI=1S/C12H19ClO3/c1-3-5-6-7-8-10(13)9-11(14)12(15)16-4-2/h9H,3-8H2,1-2H3/b10-9-. The number of carbonyl (C=O) groups excluding carboxylic acids is 2. The highest BCUT2D eigenvalue weighted by atomic mass is 35.5. The molecule has 0 aromatic carbocycles. The van der Waals surface area contributed by atoms with Gasteiger partial charge >= 0.3 is 5.97 Å². The molecule has 0 heterocycles. The minimum Gasteiger partial charge on any atom is -0.460 e. The van der Waals surface area contributed by atoms with Crippen LogP contribution in [0.2, 0.25) is 0 Å². The Bertz CT molecular complexity index is 259. The normalized spacial score (nSPS) is 11.3. The van der Waals surface area contributed by atoms with E-state index in [0.29, 0.717) is 11.5 Å². The molecule has 0 saturated heterocycles. The molecule has 0 aliphatic carbocycles. The molecule has 0 unspecified atom stereocenters. The first-order chi connectivity index (χ1) is 7.61. The predicted octanol–water partition coefficient (Wildman–Crippen LogP) is 3.21. The second kappa shape index (κ2) is 9.40. The van der Waals surface area contributed by atoms with E-state index >= 15 is 0 Å². The monoisotopic (exact) mass is 246 g/mol. The van der Waals surface area contributed by atoms with Crippen LogP contribution in [0, 0.1) is 0 Å². The Morgan fingerprint density at radius 1 is 1.19 bits per heavy atom. The van der Waals surface area contributed by atoms with Gasteiger partial charge in [0.15, 0.2) is 0 Å². The molecule has 0 aliphatic rings. The molecule has 3 nitrogen and oxygen atoms in total. The van der Waals surface area contributed by atoms with Crippen molar-refractivity contribution in [3.63, 3.8) is 0 Å². The largest absolute Gasteiger partial charge is 0.460 e. The summed E-state index contributed by atoms with van der Waals surface area (Å²) in [6.45, 7) is 3.98. The fraction of sp³-hybridized carbons (Fsp3) is 0.667. The van der Waals surface area contributed by atoms with Gasteiger partial charge in [-0.3, -0.25) is 4.79 Å². The lowest BCUT2D eigenvalue weighted by atomic mass is 10.1. The zero-order valence-electron chi connectivity index (χ0n) is 9.92. The molecule has 0 amide bonds. The lowest BCUT2D eigenvalue weighted by Crippen LogP contribution is -2.14. The number of allylic oxidation sites excluding steroid dienone is 1. The summed E-state index contributed by atoms with van der Waals surface area (Å²) in [5.74, 6) is -1.52. The summed E-state index contributed by atoms with van der Waals surface area (Å²) in [6.07, 6.45) is 6.16. The maximum atomic E-state index is 11.2. The highest BCUT2D eigenvalue weighted by Gasteiger charge is 2.12. The van der Waals surface area contributed by atoms with E-state index in [2.05, 4.69) is 11.7 Å². The van der Waals surface area contributed by atoms with Crippen LogP contribution in [0.1, 0.15) is 46.0 Å². The first kappa shape index (κ1) is 15.2. The first-order valence-corrected chi connectivity index (χ1v) is 6.06. The highest BCUT2D eigenvalue weighted by molar-refractivity contribution is 6.41. The van der Waals surface area contributed by atoms with Crippen LogP contribution in [0.25, 0.3) is 0 Å². The molecule has 0 rings (SSSR count). The number of unbranched alkanes of at least 4 members (excludes halogenated alkanes) is 3. The fourth-order valence-corrected chi connectivity index (χ4v) is 1.43. The first-order valence-electron chi connectivity index (χ1n) is 5.69. The van der Waals surface area contributed by atoms with E-state index in [1.807, 2.05) is 0 Å². The second-order valence-corrected chi connectivity index (χ2v) is 3.97. The van der Waals surface area contributed by atoms with Gasteiger partial charge < -0.3 is 4.74 Å². The summed E-state index contributed by atoms with van der Waals surface area (Å²) in [5, 5.41) is 0.425. The fourth-order valence-electron chi connectivity index (χ4n) is 1.20. The molecule has 0 aromatic rings. The second-order valence-electron chi connectivity index (χ2n) is 3.49. The van der Waals surface area contributed by atoms with E-state index in [4.69, 9.17) is 11.6 Å². The summed E-state index contributed by atoms with van der Waals surface area (Å²) >= 11 is 5.83. The van der Waals surface area contributed by atoms with E-state index in [9.17, 15) is 9.59 Å². The lowest BCUT2D eigenvalue weighted by molar-refractivity contribution is -0.151. The van der Waals surface area contributed by atoms with Crippen molar-refractivity contribution in [1.82, 2.24) is 0 Å². The molecule has 0 atom stereocenters. The van der Waals surface area contributed by atoms with Crippen molar-refractivity contribution < 1.29 is 14.3 Å². The molecular formula is C12H19ClO3. The Balaban J connectivity index is 3.91. The van der Waals surface area contributed by atoms with Crippen molar-refractivity contribution in [1.29, 1.82) is 0 Å². The lowest BCUT2D eigenvalue weighted by Gasteiger charge is -1.99. The highest BCUT2D eigenvalue weighted by Crippen LogP contribution is 2.13. The zero-order valence-corrected chi connectivity index (χ0v) is 10.7. The van der Waals surface area contributed by atoms with Crippen molar-refractivity contribution in [3.8, 4) is 0 Å². The van der Waals surface area contributed by atoms with Crippen LogP contribution in [-0.2, 0) is 14.3 Å². The predicted molar refractivity (Wildman–Crippen MR) is 64.3 cm³/mol. The number of halogens is 1. The van der Waals surface area contributed by atoms with Crippen molar-refractivity contribution in [3.05, 3.63) is 11.1 Å². The van der Waals surface area contributed by atoms with Crippen LogP contribution in [-0.4, -0.2) is 18.4 Å². The third-order valence-corrected chi connectivity index (χ3v) is 2.33. The van der Waals surface area contributed by atoms with Crippen LogP contribution < -0.4 is 0 Å². The molecule has 0 aliphatic heterocycles. The SMILES string of the molecule is CCCCCC/C(Cl)=C/C(=O)C(=O)OCC. The number of carbonyl (C=O) groups is 2. The smallest absolute Gasteiger partial charge is 0.379 e. The van der Waals surface area contributed by atoms with Crippen LogP contribution >= 0.6 is 11.6 Å². The Kier molecular flexibility index (Phi) is 8.91. The average Bonchev–Trinajstić information content (AvgIpc) is 2.24. The van der Waals surface area contributed by atoms with Gasteiger partial charge in [0.25, 0.3) is 5.78 Å². The average molecular weight is 247 g/mol. The van der Waals surface area contributed by atoms with E-state index in [0.717, 1.165) is 31.8 Å². The quantitative estimate of drug-likeness (QED) is 0.286. The molecule has 0 radical (unpaired) electrons. The van der Waals surface area contributed by atoms with Gasteiger partial charge in [-0.05, 0) is 19.8 Å². The van der Waals surface area contributed by atoms with Crippen LogP contribution in [0.4, 0.5) is 0 Å². The van der Waals surface area contributed by atoms with Gasteiger partial charge in [0.2, 0.25) is 0 Å². The Morgan fingerprint density at radius 3 is 2.44 bits per heavy atom. The Labute approximate surface area is 102 Å². The molecule has 4 heteroatoms. The Morgan fingerprint density at radius 2 is 1.88 bits per heavy atom. The van der Waals surface area contributed by atoms with E-state index in [-0.39, 0.29) is 6.61 Å². The minimum absolute atomic E-state index is 0.201. The van der Waals surface area contributed by atoms with Gasteiger partial charge in [0, 0.05) is 11.1 Å². The third-order valence-electron chi connectivity index (χ3n) is 2.03. The van der Waals surface area contributed by atoms with Gasteiger partial charge in [-0.15, -0.1) is 0 Å². The molecule has 0 spiro atoms. The molecule has 16 heavy (non-hydrogen) atoms. The van der Waals surface area contributed by atoms with Crippen LogP contribution in [0.3, 0.4) is 0 Å². The van der Waals surface area contributed by atoms with Gasteiger partial charge in [-0.1, -0.05) is 37.8 Å². The minimum atomic E-state index is -0.839. The van der Waals surface area contributed by atoms with Crippen molar-refractivity contribution in [2.24, 2.45) is 0 Å². The van der Waals surface area contributed by atoms with E-state index < -0.39 is 11.8 Å². The number of hydrogen-bond acceptors (Lipinski definition) is 3. The molecule has 0 aromatic heterocycles. The van der Waals surface area contributed by atoms with Gasteiger partial charge in [0.05, 0.1) is 6.61 Å². The number of rotatable bonds is 8. The topological polar surface area (TPSA) is 43.4 Å². The number of hydrogen-bond donors (Lipinski definition) is 0. The van der Waals surface area contributed by atoms with Gasteiger partial charge in [0.1, 0.15) is 0 Å². The summed E-state index contributed by atoms with van der Waals surface area (Å²) in [7, 11) is 0. The van der Waals surface area contributed by atoms with Gasteiger partial charge in [-0.25, -0.2) is 4.79 Å². The summed E-state index contributed by atoms with van der Waals surface area (Å²) in [4.78, 5) is 22.2. The molecule has 0 N–H and O–H groups in total. The number of esters is 1. The van der Waals surface area contributed by atoms with Crippen LogP contribution in [0.15, 0.2) is 11.1 Å². The summed E-state index contributed by atoms with van der Waals surface area (Å²) < 4.78 is 4.56. The molecule has 0 saturated carbocycles. The van der Waals surface area contributed by atoms with Crippen molar-refractivity contribution in [2.75, 3.05) is 6.61 Å². The summed E-state index contributed by atoms with van der Waals surface area (Å²) in [6, 6.07) is 0. The molecule has 0 fully saturated rings. The van der Waals surface area contributed by atoms with Crippen LogP contribution in [0.5, 0.6) is 0 Å². The maximum Gasteiger partial charge on any atom is 0.379 e. The number of ether oxygens (including phenoxy) is 1. The van der Waals surface area contributed by atoms with E-state index in [1.54, 1.807) is 6.92 Å². The molecule has 92 valence electrons.